The van der Waals surface area contributed by atoms with Crippen LogP contribution in [0.25, 0.3) is 0 Å². The van der Waals surface area contributed by atoms with Gasteiger partial charge in [0.15, 0.2) is 18.9 Å². The highest BCUT2D eigenvalue weighted by Gasteiger charge is 2.90. The van der Waals surface area contributed by atoms with Crippen LogP contribution in [0.2, 0.25) is 0 Å². The lowest BCUT2D eigenvalue weighted by Crippen LogP contribution is -2.65. The lowest BCUT2D eigenvalue weighted by molar-refractivity contribution is -0.336. The second kappa shape index (κ2) is 14.1. The lowest BCUT2D eigenvalue weighted by Gasteiger charge is -2.64. The van der Waals surface area contributed by atoms with Crippen LogP contribution >= 0.6 is 0 Å². The average Bonchev–Trinajstić information content (AvgIpc) is 3.48. The van der Waals surface area contributed by atoms with Gasteiger partial charge in [0.25, 0.3) is 0 Å². The number of hydrogen-bond acceptors (Lipinski definition) is 15. The average molecular weight is 825 g/mol. The van der Waals surface area contributed by atoms with Gasteiger partial charge in [-0.3, -0.25) is 0 Å². The van der Waals surface area contributed by atoms with Gasteiger partial charge in [-0.25, -0.2) is 4.79 Å². The minimum Gasteiger partial charge on any atom is -0.458 e. The third-order valence-electron chi connectivity index (χ3n) is 17.0. The van der Waals surface area contributed by atoms with Crippen molar-refractivity contribution in [2.24, 2.45) is 28.1 Å². The second-order valence-electron chi connectivity index (χ2n) is 19.9. The summed E-state index contributed by atoms with van der Waals surface area (Å²) in [5.74, 6) is -0.708. The SMILES string of the molecule is CC1OC(O[C@@H]2C(O)CC(O[C@@H]3C(O)C[C@@H](OC4CC[C@@]5(C)C6CC(O)[C@]7(C)C(C8=CC(=O)OC8)C(O)C[C@]78OC68CC[C@@]5(C)C4)OC3C)OC2C)CC(O)C1O.[HH].[HH].[HH].[HH].[HH].[HH].[HH].[HH]. The maximum atomic E-state index is 12.1. The summed E-state index contributed by atoms with van der Waals surface area (Å²) in [4.78, 5) is 12.0. The highest BCUT2D eigenvalue weighted by atomic mass is 16.7. The first-order valence-electron chi connectivity index (χ1n) is 21.4. The zero-order chi connectivity index (χ0) is 40.6. The summed E-state index contributed by atoms with van der Waals surface area (Å²) in [6.45, 7) is 12.2. The first kappa shape index (κ1) is 41.1. The van der Waals surface area contributed by atoms with Gasteiger partial charge in [-0.05, 0) is 81.6 Å². The van der Waals surface area contributed by atoms with Crippen LogP contribution in [0, 0.1) is 28.1 Å². The van der Waals surface area contributed by atoms with E-state index in [0.717, 1.165) is 37.7 Å². The van der Waals surface area contributed by atoms with Crippen molar-refractivity contribution in [1.29, 1.82) is 0 Å². The van der Waals surface area contributed by atoms with Gasteiger partial charge in [-0.2, -0.15) is 0 Å². The minimum atomic E-state index is -1.01. The Bertz CT molecular complexity index is 1590. The second-order valence-corrected chi connectivity index (χ2v) is 19.9. The van der Waals surface area contributed by atoms with Crippen molar-refractivity contribution in [2.45, 2.75) is 209 Å². The van der Waals surface area contributed by atoms with Crippen LogP contribution in [-0.2, 0) is 42.7 Å². The molecule has 15 unspecified atom stereocenters. The van der Waals surface area contributed by atoms with Crippen LogP contribution in [0.4, 0.5) is 0 Å². The molecule has 9 rings (SSSR count). The first-order valence-corrected chi connectivity index (χ1v) is 21.4. The Hall–Kier alpha value is -1.31. The Morgan fingerprint density at radius 1 is 0.719 bits per heavy atom. The van der Waals surface area contributed by atoms with Crippen molar-refractivity contribution in [3.63, 3.8) is 0 Å². The number of cyclic esters (lactones) is 1. The molecule has 0 aromatic carbocycles. The highest BCUT2D eigenvalue weighted by molar-refractivity contribution is 5.85. The molecule has 15 heteroatoms. The summed E-state index contributed by atoms with van der Waals surface area (Å²) in [6.07, 6.45) is -3.77. The van der Waals surface area contributed by atoms with Gasteiger partial charge in [0.05, 0.1) is 54.9 Å². The fourth-order valence-corrected chi connectivity index (χ4v) is 13.7. The van der Waals surface area contributed by atoms with Crippen LogP contribution in [0.15, 0.2) is 11.6 Å². The number of fused-ring (bicyclic) bond motifs is 2. The number of hydrogen-bond donors (Lipinski definition) is 6. The van der Waals surface area contributed by atoms with Crippen molar-refractivity contribution in [3.05, 3.63) is 11.6 Å². The third-order valence-corrected chi connectivity index (χ3v) is 17.0. The summed E-state index contributed by atoms with van der Waals surface area (Å²) >= 11 is 0. The van der Waals surface area contributed by atoms with Crippen molar-refractivity contribution >= 4 is 5.97 Å². The molecule has 0 amide bonds. The zero-order valence-corrected chi connectivity index (χ0v) is 34.0. The fourth-order valence-electron chi connectivity index (χ4n) is 13.7. The summed E-state index contributed by atoms with van der Waals surface area (Å²) in [5, 5.41) is 66.1. The summed E-state index contributed by atoms with van der Waals surface area (Å²) in [6, 6.07) is 0. The van der Waals surface area contributed by atoms with Gasteiger partial charge in [0, 0.05) is 54.5 Å². The van der Waals surface area contributed by atoms with Gasteiger partial charge in [-0.1, -0.05) is 20.8 Å². The molecule has 4 saturated carbocycles. The van der Waals surface area contributed by atoms with Gasteiger partial charge in [0.1, 0.15) is 36.1 Å². The molecule has 22 atom stereocenters. The van der Waals surface area contributed by atoms with Gasteiger partial charge in [-0.15, -0.1) is 0 Å². The molecule has 338 valence electrons. The topological polar surface area (TPSA) is 216 Å². The van der Waals surface area contributed by atoms with Crippen molar-refractivity contribution in [1.82, 2.24) is 0 Å². The molecule has 4 aliphatic carbocycles. The molecule has 57 heavy (non-hydrogen) atoms. The fraction of sp³-hybridized carbons (Fsp3) is 0.929. The Kier molecular flexibility index (Phi) is 10.2. The Labute approximate surface area is 346 Å². The zero-order valence-electron chi connectivity index (χ0n) is 34.0. The molecular weight excluding hydrogens is 744 g/mol. The van der Waals surface area contributed by atoms with Crippen molar-refractivity contribution in [3.8, 4) is 0 Å². The molecule has 5 aliphatic heterocycles. The van der Waals surface area contributed by atoms with E-state index in [-0.39, 0.29) is 60.1 Å². The van der Waals surface area contributed by atoms with Crippen molar-refractivity contribution in [2.75, 3.05) is 6.61 Å². The minimum absolute atomic E-state index is 0. The number of aliphatic hydroxyl groups excluding tert-OH is 6. The third kappa shape index (κ3) is 6.11. The van der Waals surface area contributed by atoms with Crippen molar-refractivity contribution < 1.29 is 84.7 Å². The molecular formula is C42H80O15. The van der Waals surface area contributed by atoms with E-state index in [1.165, 1.54) is 6.08 Å². The number of rotatable bonds is 7. The summed E-state index contributed by atoms with van der Waals surface area (Å²) < 4.78 is 49.2. The van der Waals surface area contributed by atoms with E-state index in [4.69, 9.17) is 37.9 Å². The van der Waals surface area contributed by atoms with E-state index in [2.05, 4.69) is 20.8 Å². The van der Waals surface area contributed by atoms with Crippen LogP contribution in [0.3, 0.4) is 0 Å². The molecule has 0 aromatic rings. The van der Waals surface area contributed by atoms with E-state index < -0.39 is 115 Å². The Morgan fingerprint density at radius 3 is 1.89 bits per heavy atom. The Morgan fingerprint density at radius 2 is 1.32 bits per heavy atom. The van der Waals surface area contributed by atoms with E-state index >= 15 is 0 Å². The van der Waals surface area contributed by atoms with E-state index in [9.17, 15) is 35.4 Å². The maximum absolute atomic E-state index is 12.1. The number of epoxide rings is 1. The molecule has 2 spiro atoms. The summed E-state index contributed by atoms with van der Waals surface area (Å²) in [5.41, 5.74) is -1.34. The molecule has 15 nitrogen and oxygen atoms in total. The predicted molar refractivity (Wildman–Crippen MR) is 214 cm³/mol. The van der Waals surface area contributed by atoms with Gasteiger partial charge < -0.3 is 68.5 Å². The van der Waals surface area contributed by atoms with Crippen LogP contribution in [0.5, 0.6) is 0 Å². The molecule has 0 aromatic heterocycles. The standard InChI is InChI=1S/C42H64O15.8H2/c1-19-35(49)24(43)12-32(51-19)55-37-21(3)53-33(14-26(37)45)56-36-20(2)52-31(13-25(36)44)54-23-7-8-39(5)28-15-29(47)40(6)34(22-11-30(48)50-18-22)27(46)17-42(40)41(28,57-42)10-9-38(39,4)16-23;;;;;;;;/h11,19-21,23-29,31-37,43-47,49H,7-10,12-18H2,1-6H3;8*1H/t19?,20?,21?,23?,24?,25?,26?,27?,28?,29?,31-,32?,33?,34?,35?,36+,37+,38+,39+,40-,41?,42+;;;;;;;;/m1......../s1. The number of ether oxygens (including phenoxy) is 8. The lowest BCUT2D eigenvalue weighted by atomic mass is 9.39. The number of esters is 1. The first-order chi connectivity index (χ1) is 26.8. The monoisotopic (exact) mass is 825 g/mol. The predicted octanol–water partition coefficient (Wildman–Crippen LogP) is 3.71. The summed E-state index contributed by atoms with van der Waals surface area (Å²) in [7, 11) is 0. The molecule has 6 N–H and O–H groups in total. The normalized spacial score (nSPS) is 58.5. The van der Waals surface area contributed by atoms with Gasteiger partial charge >= 0.3 is 5.97 Å². The largest absolute Gasteiger partial charge is 0.458 e. The van der Waals surface area contributed by atoms with Crippen LogP contribution in [-0.4, -0.2) is 147 Å². The highest BCUT2D eigenvalue weighted by Crippen LogP contribution is 2.83. The number of carbonyl (C=O) groups excluding carboxylic acids is 1. The van der Waals surface area contributed by atoms with E-state index in [1.54, 1.807) is 13.8 Å². The number of aliphatic hydroxyl groups is 6. The smallest absolute Gasteiger partial charge is 0.331 e. The molecule has 0 radical (unpaired) electrons. The Balaban J connectivity index is 0.00000264. The van der Waals surface area contributed by atoms with Crippen LogP contribution < -0.4 is 0 Å². The molecule has 9 aliphatic rings. The maximum Gasteiger partial charge on any atom is 0.331 e. The quantitative estimate of drug-likeness (QED) is 0.123. The molecule has 8 fully saturated rings. The molecule has 0 bridgehead atoms. The van der Waals surface area contributed by atoms with E-state index in [0.29, 0.717) is 12.8 Å². The number of carbonyl (C=O) groups is 1. The van der Waals surface area contributed by atoms with Gasteiger partial charge in [0.2, 0.25) is 0 Å². The van der Waals surface area contributed by atoms with E-state index in [1.807, 2.05) is 6.92 Å². The van der Waals surface area contributed by atoms with Crippen LogP contribution in [0.1, 0.15) is 117 Å². The molecule has 5 heterocycles. The molecule has 4 saturated heterocycles.